The van der Waals surface area contributed by atoms with Crippen LogP contribution in [0.3, 0.4) is 0 Å². The molecule has 4 heteroatoms. The Morgan fingerprint density at radius 2 is 1.85 bits per heavy atom. The summed E-state index contributed by atoms with van der Waals surface area (Å²) in [5.41, 5.74) is 10.0. The van der Waals surface area contributed by atoms with Crippen molar-refractivity contribution in [1.29, 1.82) is 0 Å². The van der Waals surface area contributed by atoms with Crippen LogP contribution < -0.4 is 5.73 Å². The lowest BCUT2D eigenvalue weighted by Gasteiger charge is -2.19. The third-order valence-electron chi connectivity index (χ3n) is 5.39. The van der Waals surface area contributed by atoms with Crippen LogP contribution in [0, 0.1) is 18.7 Å². The van der Waals surface area contributed by atoms with E-state index in [0.717, 1.165) is 54.0 Å². The average Bonchev–Trinajstić information content (AvgIpc) is 2.87. The molecule has 0 radical (unpaired) electrons. The molecule has 26 heavy (non-hydrogen) atoms. The zero-order valence-corrected chi connectivity index (χ0v) is 16.1. The first kappa shape index (κ1) is 18.8. The van der Waals surface area contributed by atoms with E-state index in [1.165, 1.54) is 13.0 Å². The first-order valence-electron chi connectivity index (χ1n) is 9.60. The van der Waals surface area contributed by atoms with Crippen molar-refractivity contribution in [3.05, 3.63) is 58.5 Å². The molecule has 0 saturated carbocycles. The Hall–Kier alpha value is -1.94. The second-order valence-electron chi connectivity index (χ2n) is 8.00. The molecule has 3 rings (SSSR count). The molecule has 2 heterocycles. The van der Waals surface area contributed by atoms with Gasteiger partial charge in [-0.05, 0) is 92.9 Å². The Balaban J connectivity index is 1.62. The number of anilines is 1. The number of nitrogen functional groups attached to an aromatic ring is 1. The minimum atomic E-state index is -0.137. The second kappa shape index (κ2) is 8.17. The molecule has 1 aromatic carbocycles. The molecule has 1 fully saturated rings. The highest BCUT2D eigenvalue weighted by Gasteiger charge is 2.25. The number of benzene rings is 1. The number of rotatable bonds is 6. The van der Waals surface area contributed by atoms with Gasteiger partial charge in [0.2, 0.25) is 0 Å². The van der Waals surface area contributed by atoms with Gasteiger partial charge in [0.05, 0.1) is 0 Å². The van der Waals surface area contributed by atoms with Gasteiger partial charge in [0.1, 0.15) is 11.6 Å². The van der Waals surface area contributed by atoms with Crippen molar-refractivity contribution in [3.8, 4) is 0 Å². The van der Waals surface area contributed by atoms with Crippen molar-refractivity contribution in [1.82, 2.24) is 9.88 Å². The van der Waals surface area contributed by atoms with Crippen molar-refractivity contribution in [3.63, 3.8) is 0 Å². The standard InChI is InChI=1S/C22H30FN3/c1-15-8-20(25-22(24)10-15)6-4-17-11-18(13-19(23)12-17)5-7-21-9-16(2)14-26(21)3/h8,10-13,16,21H,4-7,9,14H2,1-3H3,(H2,24,25)/t16-,21?/m0/s1. The second-order valence-corrected chi connectivity index (χ2v) is 8.00. The van der Waals surface area contributed by atoms with E-state index in [2.05, 4.69) is 29.9 Å². The fraction of sp³-hybridized carbons (Fsp3) is 0.500. The number of halogens is 1. The summed E-state index contributed by atoms with van der Waals surface area (Å²) in [6.07, 6.45) is 4.83. The van der Waals surface area contributed by atoms with Crippen molar-refractivity contribution in [2.24, 2.45) is 5.92 Å². The lowest BCUT2D eigenvalue weighted by Crippen LogP contribution is -2.25. The summed E-state index contributed by atoms with van der Waals surface area (Å²) in [6, 6.07) is 10.0. The van der Waals surface area contributed by atoms with Crippen LogP contribution in [0.1, 0.15) is 42.1 Å². The monoisotopic (exact) mass is 355 g/mol. The molecular weight excluding hydrogens is 325 g/mol. The average molecular weight is 356 g/mol. The molecule has 1 aromatic heterocycles. The first-order chi connectivity index (χ1) is 12.4. The molecular formula is C22H30FN3. The van der Waals surface area contributed by atoms with Gasteiger partial charge in [0, 0.05) is 18.3 Å². The number of nitrogens with zero attached hydrogens (tertiary/aromatic N) is 2. The summed E-state index contributed by atoms with van der Waals surface area (Å²) < 4.78 is 14.1. The third kappa shape index (κ3) is 5.04. The predicted octanol–water partition coefficient (Wildman–Crippen LogP) is 4.17. The SMILES string of the molecule is Cc1cc(N)nc(CCc2cc(F)cc(CCC3C[C@H](C)CN3C)c2)c1. The molecule has 2 aromatic rings. The molecule has 0 aliphatic carbocycles. The summed E-state index contributed by atoms with van der Waals surface area (Å²) in [7, 11) is 2.20. The zero-order valence-electron chi connectivity index (χ0n) is 16.1. The fourth-order valence-electron chi connectivity index (χ4n) is 4.21. The lowest BCUT2D eigenvalue weighted by atomic mass is 9.98. The molecule has 0 bridgehead atoms. The normalized spacial score (nSPS) is 20.6. The molecule has 140 valence electrons. The number of aromatic nitrogens is 1. The van der Waals surface area contributed by atoms with Gasteiger partial charge in [0.15, 0.2) is 0 Å². The smallest absolute Gasteiger partial charge is 0.123 e. The van der Waals surface area contributed by atoms with Gasteiger partial charge < -0.3 is 10.6 Å². The highest BCUT2D eigenvalue weighted by atomic mass is 19.1. The minimum absolute atomic E-state index is 0.137. The minimum Gasteiger partial charge on any atom is -0.384 e. The van der Waals surface area contributed by atoms with Gasteiger partial charge in [-0.3, -0.25) is 0 Å². The number of likely N-dealkylation sites (tertiary alicyclic amines) is 1. The Kier molecular flexibility index (Phi) is 5.92. The van der Waals surface area contributed by atoms with Gasteiger partial charge >= 0.3 is 0 Å². The molecule has 2 N–H and O–H groups in total. The Labute approximate surface area is 156 Å². The summed E-state index contributed by atoms with van der Waals surface area (Å²) in [5, 5.41) is 0. The summed E-state index contributed by atoms with van der Waals surface area (Å²) in [5.74, 6) is 1.18. The summed E-state index contributed by atoms with van der Waals surface area (Å²) >= 11 is 0. The topological polar surface area (TPSA) is 42.1 Å². The van der Waals surface area contributed by atoms with Gasteiger partial charge in [-0.25, -0.2) is 9.37 Å². The van der Waals surface area contributed by atoms with E-state index >= 15 is 0 Å². The zero-order chi connectivity index (χ0) is 18.7. The maximum Gasteiger partial charge on any atom is 0.123 e. The third-order valence-corrected chi connectivity index (χ3v) is 5.39. The van der Waals surface area contributed by atoms with E-state index in [4.69, 9.17) is 5.73 Å². The van der Waals surface area contributed by atoms with Crippen LogP contribution in [0.15, 0.2) is 30.3 Å². The van der Waals surface area contributed by atoms with Crippen molar-refractivity contribution < 1.29 is 4.39 Å². The molecule has 3 nitrogen and oxygen atoms in total. The Bertz CT molecular complexity index is 739. The molecule has 1 saturated heterocycles. The van der Waals surface area contributed by atoms with Crippen LogP contribution in [0.25, 0.3) is 0 Å². The van der Waals surface area contributed by atoms with Crippen LogP contribution in [0.4, 0.5) is 10.2 Å². The summed E-state index contributed by atoms with van der Waals surface area (Å²) in [4.78, 5) is 6.82. The van der Waals surface area contributed by atoms with Crippen LogP contribution >= 0.6 is 0 Å². The fourth-order valence-corrected chi connectivity index (χ4v) is 4.21. The molecule has 1 aliphatic heterocycles. The molecule has 0 amide bonds. The van der Waals surface area contributed by atoms with Gasteiger partial charge in [0.25, 0.3) is 0 Å². The Morgan fingerprint density at radius 3 is 2.50 bits per heavy atom. The summed E-state index contributed by atoms with van der Waals surface area (Å²) in [6.45, 7) is 5.50. The first-order valence-corrected chi connectivity index (χ1v) is 9.60. The highest BCUT2D eigenvalue weighted by molar-refractivity contribution is 5.34. The van der Waals surface area contributed by atoms with Crippen LogP contribution in [0.2, 0.25) is 0 Å². The van der Waals surface area contributed by atoms with E-state index in [1.807, 2.05) is 19.1 Å². The van der Waals surface area contributed by atoms with Crippen molar-refractivity contribution >= 4 is 5.82 Å². The number of hydrogen-bond acceptors (Lipinski definition) is 3. The maximum atomic E-state index is 14.1. The molecule has 1 unspecified atom stereocenters. The van der Waals surface area contributed by atoms with Gasteiger partial charge in [-0.15, -0.1) is 0 Å². The van der Waals surface area contributed by atoms with E-state index in [-0.39, 0.29) is 5.82 Å². The van der Waals surface area contributed by atoms with Gasteiger partial charge in [-0.1, -0.05) is 13.0 Å². The van der Waals surface area contributed by atoms with Crippen LogP contribution in [0.5, 0.6) is 0 Å². The molecule has 2 atom stereocenters. The van der Waals surface area contributed by atoms with E-state index in [9.17, 15) is 4.39 Å². The Morgan fingerprint density at radius 1 is 1.12 bits per heavy atom. The molecule has 0 spiro atoms. The van der Waals surface area contributed by atoms with Crippen molar-refractivity contribution in [2.45, 2.75) is 52.0 Å². The number of pyridine rings is 1. The van der Waals surface area contributed by atoms with Crippen LogP contribution in [-0.4, -0.2) is 29.5 Å². The quantitative estimate of drug-likeness (QED) is 0.846. The van der Waals surface area contributed by atoms with Crippen molar-refractivity contribution in [2.75, 3.05) is 19.3 Å². The largest absolute Gasteiger partial charge is 0.384 e. The van der Waals surface area contributed by atoms with E-state index in [0.29, 0.717) is 11.9 Å². The van der Waals surface area contributed by atoms with Crippen LogP contribution in [-0.2, 0) is 19.3 Å². The van der Waals surface area contributed by atoms with E-state index in [1.54, 1.807) is 12.1 Å². The highest BCUT2D eigenvalue weighted by Crippen LogP contribution is 2.25. The molecule has 1 aliphatic rings. The number of nitrogens with two attached hydrogens (primary N) is 1. The number of aryl methyl sites for hydroxylation is 4. The lowest BCUT2D eigenvalue weighted by molar-refractivity contribution is 0.295. The van der Waals surface area contributed by atoms with E-state index < -0.39 is 0 Å². The van der Waals surface area contributed by atoms with Gasteiger partial charge in [-0.2, -0.15) is 0 Å². The maximum absolute atomic E-state index is 14.1. The predicted molar refractivity (Wildman–Crippen MR) is 106 cm³/mol. The number of hydrogen-bond donors (Lipinski definition) is 1.